The normalized spacial score (nSPS) is 25.7. The minimum atomic E-state index is -0.729. The monoisotopic (exact) mass is 216 g/mol. The summed E-state index contributed by atoms with van der Waals surface area (Å²) in [5.41, 5.74) is 0. The zero-order chi connectivity index (χ0) is 11.3. The Kier molecular flexibility index (Phi) is 4.55. The SMILES string of the molecule is CCOC(=O)C1CCCCC1C(=O)OO. The van der Waals surface area contributed by atoms with Gasteiger partial charge in [-0.05, 0) is 19.8 Å². The Bertz CT molecular complexity index is 238. The zero-order valence-electron chi connectivity index (χ0n) is 8.77. The van der Waals surface area contributed by atoms with Crippen LogP contribution in [0, 0.1) is 11.8 Å². The van der Waals surface area contributed by atoms with Crippen molar-refractivity contribution in [1.29, 1.82) is 0 Å². The lowest BCUT2D eigenvalue weighted by molar-refractivity contribution is -0.242. The number of rotatable bonds is 3. The number of carbonyl (C=O) groups is 2. The third-order valence-electron chi connectivity index (χ3n) is 2.75. The van der Waals surface area contributed by atoms with E-state index in [1.54, 1.807) is 6.92 Å². The van der Waals surface area contributed by atoms with Gasteiger partial charge in [0.05, 0.1) is 18.4 Å². The van der Waals surface area contributed by atoms with Crippen LogP contribution in [0.2, 0.25) is 0 Å². The average molecular weight is 216 g/mol. The molecule has 0 aliphatic heterocycles. The second-order valence-electron chi connectivity index (χ2n) is 3.66. The van der Waals surface area contributed by atoms with Gasteiger partial charge in [0.2, 0.25) is 0 Å². The number of ether oxygens (including phenoxy) is 1. The summed E-state index contributed by atoms with van der Waals surface area (Å²) in [6.07, 6.45) is 2.97. The molecule has 0 amide bonds. The number of hydrogen-bond acceptors (Lipinski definition) is 5. The maximum absolute atomic E-state index is 11.5. The maximum atomic E-state index is 11.5. The fraction of sp³-hybridized carbons (Fsp3) is 0.800. The molecule has 1 N–H and O–H groups in total. The minimum absolute atomic E-state index is 0.302. The van der Waals surface area contributed by atoms with Crippen LogP contribution in [0.25, 0.3) is 0 Å². The van der Waals surface area contributed by atoms with Gasteiger partial charge in [0.15, 0.2) is 0 Å². The van der Waals surface area contributed by atoms with Crippen LogP contribution in [0.1, 0.15) is 32.6 Å². The summed E-state index contributed by atoms with van der Waals surface area (Å²) in [5.74, 6) is -2.11. The highest BCUT2D eigenvalue weighted by Gasteiger charge is 2.37. The van der Waals surface area contributed by atoms with Crippen molar-refractivity contribution in [2.24, 2.45) is 11.8 Å². The van der Waals surface area contributed by atoms with Crippen LogP contribution in [0.5, 0.6) is 0 Å². The number of hydrogen-bond donors (Lipinski definition) is 1. The maximum Gasteiger partial charge on any atom is 0.345 e. The van der Waals surface area contributed by atoms with Crippen molar-refractivity contribution < 1.29 is 24.5 Å². The lowest BCUT2D eigenvalue weighted by atomic mass is 9.79. The van der Waals surface area contributed by atoms with Crippen molar-refractivity contribution in [1.82, 2.24) is 0 Å². The van der Waals surface area contributed by atoms with Crippen molar-refractivity contribution in [3.05, 3.63) is 0 Å². The average Bonchev–Trinajstić information content (AvgIpc) is 2.28. The minimum Gasteiger partial charge on any atom is -0.466 e. The predicted molar refractivity (Wildman–Crippen MR) is 50.8 cm³/mol. The summed E-state index contributed by atoms with van der Waals surface area (Å²) in [4.78, 5) is 26.4. The van der Waals surface area contributed by atoms with Gasteiger partial charge >= 0.3 is 11.9 Å². The van der Waals surface area contributed by atoms with Crippen LogP contribution in [0.3, 0.4) is 0 Å². The zero-order valence-corrected chi connectivity index (χ0v) is 8.77. The van der Waals surface area contributed by atoms with Crippen molar-refractivity contribution >= 4 is 11.9 Å². The van der Waals surface area contributed by atoms with Crippen molar-refractivity contribution in [3.8, 4) is 0 Å². The first-order chi connectivity index (χ1) is 7.20. The van der Waals surface area contributed by atoms with E-state index >= 15 is 0 Å². The molecule has 0 radical (unpaired) electrons. The third kappa shape index (κ3) is 2.92. The predicted octanol–water partition coefficient (Wildman–Crippen LogP) is 1.37. The smallest absolute Gasteiger partial charge is 0.345 e. The van der Waals surface area contributed by atoms with Crippen LogP contribution in [0.15, 0.2) is 0 Å². The number of carbonyl (C=O) groups excluding carboxylic acids is 2. The molecule has 5 nitrogen and oxygen atoms in total. The van der Waals surface area contributed by atoms with E-state index in [9.17, 15) is 9.59 Å². The Morgan fingerprint density at radius 2 is 1.73 bits per heavy atom. The summed E-state index contributed by atoms with van der Waals surface area (Å²) in [7, 11) is 0. The molecule has 2 atom stereocenters. The molecule has 0 bridgehead atoms. The first-order valence-corrected chi connectivity index (χ1v) is 5.22. The second kappa shape index (κ2) is 5.70. The molecule has 1 saturated carbocycles. The van der Waals surface area contributed by atoms with Gasteiger partial charge in [-0.15, -0.1) is 0 Å². The van der Waals surface area contributed by atoms with Gasteiger partial charge in [0.25, 0.3) is 0 Å². The molecule has 1 aliphatic carbocycles. The van der Waals surface area contributed by atoms with Crippen LogP contribution in [-0.4, -0.2) is 23.8 Å². The van der Waals surface area contributed by atoms with E-state index < -0.39 is 17.8 Å². The van der Waals surface area contributed by atoms with E-state index in [-0.39, 0.29) is 5.97 Å². The van der Waals surface area contributed by atoms with Crippen molar-refractivity contribution in [2.75, 3.05) is 6.61 Å². The molecule has 5 heteroatoms. The fourth-order valence-electron chi connectivity index (χ4n) is 2.01. The molecule has 0 aromatic rings. The summed E-state index contributed by atoms with van der Waals surface area (Å²) >= 11 is 0. The van der Waals surface area contributed by atoms with Crippen LogP contribution in [-0.2, 0) is 19.2 Å². The largest absolute Gasteiger partial charge is 0.466 e. The Balaban J connectivity index is 2.65. The molecule has 15 heavy (non-hydrogen) atoms. The fourth-order valence-corrected chi connectivity index (χ4v) is 2.01. The van der Waals surface area contributed by atoms with E-state index in [1.165, 1.54) is 0 Å². The summed E-state index contributed by atoms with van der Waals surface area (Å²) < 4.78 is 4.88. The van der Waals surface area contributed by atoms with E-state index in [0.717, 1.165) is 12.8 Å². The van der Waals surface area contributed by atoms with Gasteiger partial charge < -0.3 is 9.62 Å². The van der Waals surface area contributed by atoms with Crippen LogP contribution < -0.4 is 0 Å². The molecule has 2 unspecified atom stereocenters. The van der Waals surface area contributed by atoms with E-state index in [2.05, 4.69) is 4.89 Å². The Labute approximate surface area is 88.3 Å². The molecule has 1 rings (SSSR count). The molecule has 0 aromatic heterocycles. The van der Waals surface area contributed by atoms with Gasteiger partial charge in [0, 0.05) is 0 Å². The molecular formula is C10H16O5. The van der Waals surface area contributed by atoms with Gasteiger partial charge in [-0.1, -0.05) is 12.8 Å². The molecule has 0 spiro atoms. The van der Waals surface area contributed by atoms with E-state index in [0.29, 0.717) is 19.4 Å². The Hall–Kier alpha value is -1.10. The molecular weight excluding hydrogens is 200 g/mol. The van der Waals surface area contributed by atoms with Crippen LogP contribution in [0.4, 0.5) is 0 Å². The van der Waals surface area contributed by atoms with Gasteiger partial charge in [0.1, 0.15) is 0 Å². The lowest BCUT2D eigenvalue weighted by Gasteiger charge is -2.26. The molecule has 0 aromatic carbocycles. The molecule has 1 fully saturated rings. The summed E-state index contributed by atoms with van der Waals surface area (Å²) in [6.45, 7) is 2.02. The standard InChI is InChI=1S/C10H16O5/c1-2-14-9(11)7-5-3-4-6-8(7)10(12)15-13/h7-8,13H,2-6H2,1H3. The lowest BCUT2D eigenvalue weighted by Crippen LogP contribution is -2.34. The highest BCUT2D eigenvalue weighted by atomic mass is 17.1. The number of esters is 1. The highest BCUT2D eigenvalue weighted by molar-refractivity contribution is 5.82. The Morgan fingerprint density at radius 1 is 1.20 bits per heavy atom. The topological polar surface area (TPSA) is 72.8 Å². The van der Waals surface area contributed by atoms with E-state index in [1.807, 2.05) is 0 Å². The highest BCUT2D eigenvalue weighted by Crippen LogP contribution is 2.31. The molecule has 0 saturated heterocycles. The quantitative estimate of drug-likeness (QED) is 0.438. The first kappa shape index (κ1) is 12.0. The van der Waals surface area contributed by atoms with Gasteiger partial charge in [-0.25, -0.2) is 4.79 Å². The van der Waals surface area contributed by atoms with Gasteiger partial charge in [-0.3, -0.25) is 4.79 Å². The molecule has 0 heterocycles. The van der Waals surface area contributed by atoms with Crippen molar-refractivity contribution in [2.45, 2.75) is 32.6 Å². The van der Waals surface area contributed by atoms with Crippen molar-refractivity contribution in [3.63, 3.8) is 0 Å². The van der Waals surface area contributed by atoms with Gasteiger partial charge in [-0.2, -0.15) is 5.26 Å². The first-order valence-electron chi connectivity index (χ1n) is 5.22. The summed E-state index contributed by atoms with van der Waals surface area (Å²) in [5, 5.41) is 8.31. The third-order valence-corrected chi connectivity index (χ3v) is 2.75. The molecule has 86 valence electrons. The van der Waals surface area contributed by atoms with E-state index in [4.69, 9.17) is 9.99 Å². The van der Waals surface area contributed by atoms with Crippen LogP contribution >= 0.6 is 0 Å². The second-order valence-corrected chi connectivity index (χ2v) is 3.66. The summed E-state index contributed by atoms with van der Waals surface area (Å²) in [6, 6.07) is 0. The molecule has 1 aliphatic rings. The Morgan fingerprint density at radius 3 is 2.20 bits per heavy atom.